The van der Waals surface area contributed by atoms with Crippen LogP contribution in [0, 0.1) is 0 Å². The molecule has 0 aliphatic heterocycles. The molecular weight excluding hydrogens is 172 g/mol. The van der Waals surface area contributed by atoms with Gasteiger partial charge in [0.2, 0.25) is 0 Å². The van der Waals surface area contributed by atoms with Crippen molar-refractivity contribution in [3.63, 3.8) is 0 Å². The Kier molecular flexibility index (Phi) is 3.16. The lowest BCUT2D eigenvalue weighted by atomic mass is 10.3. The number of nitrogens with two attached hydrogens (primary N) is 1. The first-order valence-electron chi connectivity index (χ1n) is 3.33. The molecule has 0 saturated carbocycles. The molecular formula is C7H9N4S+. The van der Waals surface area contributed by atoms with Gasteiger partial charge in [-0.2, -0.15) is 5.10 Å². The van der Waals surface area contributed by atoms with Gasteiger partial charge in [-0.1, -0.05) is 0 Å². The minimum Gasteiger partial charge on any atom is -0.375 e. The molecule has 0 aliphatic carbocycles. The Hall–Kier alpha value is -1.49. The van der Waals surface area contributed by atoms with Crippen molar-refractivity contribution in [1.82, 2.24) is 5.43 Å². The molecule has 0 saturated heterocycles. The summed E-state index contributed by atoms with van der Waals surface area (Å²) in [5.74, 6) is 0. The minimum atomic E-state index is 0.158. The lowest BCUT2D eigenvalue weighted by Gasteiger charge is -1.91. The fraction of sp³-hybridized carbons (Fsp3) is 0. The molecule has 4 nitrogen and oxygen atoms in total. The van der Waals surface area contributed by atoms with E-state index < -0.39 is 0 Å². The van der Waals surface area contributed by atoms with E-state index in [0.29, 0.717) is 0 Å². The van der Waals surface area contributed by atoms with Crippen molar-refractivity contribution in [2.24, 2.45) is 10.8 Å². The van der Waals surface area contributed by atoms with Gasteiger partial charge in [-0.25, -0.2) is 4.98 Å². The van der Waals surface area contributed by atoms with Crippen molar-refractivity contribution in [2.75, 3.05) is 0 Å². The van der Waals surface area contributed by atoms with Crippen LogP contribution in [0.1, 0.15) is 5.56 Å². The summed E-state index contributed by atoms with van der Waals surface area (Å²) in [5, 5.41) is 3.94. The van der Waals surface area contributed by atoms with Crippen molar-refractivity contribution in [2.45, 2.75) is 0 Å². The highest BCUT2D eigenvalue weighted by Crippen LogP contribution is 1.86. The molecule has 0 atom stereocenters. The second-order valence-corrected chi connectivity index (χ2v) is 2.51. The third-order valence-electron chi connectivity index (χ3n) is 1.12. The molecule has 12 heavy (non-hydrogen) atoms. The molecule has 1 aromatic rings. The summed E-state index contributed by atoms with van der Waals surface area (Å²) in [4.78, 5) is 2.92. The topological polar surface area (TPSA) is 64.5 Å². The Morgan fingerprint density at radius 2 is 2.58 bits per heavy atom. The van der Waals surface area contributed by atoms with Gasteiger partial charge in [-0.05, 0) is 18.3 Å². The molecule has 0 radical (unpaired) electrons. The van der Waals surface area contributed by atoms with Gasteiger partial charge in [0.15, 0.2) is 17.5 Å². The van der Waals surface area contributed by atoms with E-state index in [9.17, 15) is 0 Å². The van der Waals surface area contributed by atoms with Gasteiger partial charge in [0.25, 0.3) is 0 Å². The number of aromatic nitrogens is 1. The number of nitrogens with one attached hydrogen (secondary N) is 2. The van der Waals surface area contributed by atoms with Crippen LogP contribution in [0.3, 0.4) is 0 Å². The highest BCUT2D eigenvalue weighted by Gasteiger charge is 1.88. The Morgan fingerprint density at radius 1 is 1.75 bits per heavy atom. The Morgan fingerprint density at radius 3 is 3.17 bits per heavy atom. The van der Waals surface area contributed by atoms with Crippen LogP contribution >= 0.6 is 12.2 Å². The van der Waals surface area contributed by atoms with Gasteiger partial charge >= 0.3 is 0 Å². The van der Waals surface area contributed by atoms with E-state index in [1.165, 1.54) is 0 Å². The summed E-state index contributed by atoms with van der Waals surface area (Å²) in [6.07, 6.45) is 5.25. The summed E-state index contributed by atoms with van der Waals surface area (Å²) in [5.41, 5.74) is 8.56. The molecule has 0 fully saturated rings. The maximum atomic E-state index is 5.16. The number of hydrazone groups is 1. The van der Waals surface area contributed by atoms with Crippen LogP contribution in [0.5, 0.6) is 0 Å². The lowest BCUT2D eigenvalue weighted by Crippen LogP contribution is -2.24. The van der Waals surface area contributed by atoms with Crippen LogP contribution in [-0.4, -0.2) is 11.3 Å². The molecule has 1 aromatic heterocycles. The van der Waals surface area contributed by atoms with Crippen LogP contribution in [-0.2, 0) is 0 Å². The molecule has 62 valence electrons. The summed E-state index contributed by atoms with van der Waals surface area (Å²) < 4.78 is 0. The molecule has 0 aliphatic rings. The molecule has 5 heteroatoms. The number of hydrogen-bond donors (Lipinski definition) is 2. The van der Waals surface area contributed by atoms with Crippen LogP contribution in [0.25, 0.3) is 0 Å². The number of pyridine rings is 1. The van der Waals surface area contributed by atoms with Crippen LogP contribution in [0.15, 0.2) is 29.6 Å². The summed E-state index contributed by atoms with van der Waals surface area (Å²) >= 11 is 4.56. The molecule has 0 bridgehead atoms. The van der Waals surface area contributed by atoms with E-state index in [1.54, 1.807) is 6.21 Å². The molecule has 0 amide bonds. The van der Waals surface area contributed by atoms with E-state index in [4.69, 9.17) is 5.73 Å². The molecule has 1 rings (SSSR count). The predicted molar refractivity (Wildman–Crippen MR) is 50.5 cm³/mol. The second kappa shape index (κ2) is 4.40. The summed E-state index contributed by atoms with van der Waals surface area (Å²) in [6, 6.07) is 3.78. The van der Waals surface area contributed by atoms with E-state index >= 15 is 0 Å². The average Bonchev–Trinajstić information content (AvgIpc) is 2.05. The van der Waals surface area contributed by atoms with Crippen molar-refractivity contribution in [1.29, 1.82) is 0 Å². The third kappa shape index (κ3) is 3.07. The first-order chi connectivity index (χ1) is 5.79. The SMILES string of the molecule is NC(=S)NN=Cc1ccc[nH+]c1. The van der Waals surface area contributed by atoms with Gasteiger partial charge < -0.3 is 5.73 Å². The van der Waals surface area contributed by atoms with Gasteiger partial charge in [0.1, 0.15) is 0 Å². The quantitative estimate of drug-likeness (QED) is 0.373. The van der Waals surface area contributed by atoms with Gasteiger partial charge in [-0.15, -0.1) is 0 Å². The predicted octanol–water partition coefficient (Wildman–Crippen LogP) is -0.332. The van der Waals surface area contributed by atoms with Gasteiger partial charge in [-0.3, -0.25) is 5.43 Å². The van der Waals surface area contributed by atoms with Gasteiger partial charge in [0.05, 0.1) is 11.8 Å². The molecule has 0 unspecified atom stereocenters. The van der Waals surface area contributed by atoms with Crippen molar-refractivity contribution < 1.29 is 4.98 Å². The largest absolute Gasteiger partial charge is 0.375 e. The molecule has 4 N–H and O–H groups in total. The minimum absolute atomic E-state index is 0.158. The fourth-order valence-electron chi connectivity index (χ4n) is 0.658. The van der Waals surface area contributed by atoms with E-state index in [1.807, 2.05) is 24.5 Å². The second-order valence-electron chi connectivity index (χ2n) is 2.07. The summed E-state index contributed by atoms with van der Waals surface area (Å²) in [6.45, 7) is 0. The summed E-state index contributed by atoms with van der Waals surface area (Å²) in [7, 11) is 0. The maximum Gasteiger partial charge on any atom is 0.184 e. The standard InChI is InChI=1S/C7H8N4S/c8-7(12)11-10-5-6-2-1-3-9-4-6/h1-5H,(H3,8,11,12)/p+1. The molecule has 0 spiro atoms. The first kappa shape index (κ1) is 8.61. The highest BCUT2D eigenvalue weighted by atomic mass is 32.1. The number of H-pyrrole nitrogens is 1. The van der Waals surface area contributed by atoms with Crippen molar-refractivity contribution >= 4 is 23.5 Å². The van der Waals surface area contributed by atoms with E-state index in [-0.39, 0.29) is 5.11 Å². The first-order valence-corrected chi connectivity index (χ1v) is 3.74. The normalized spacial score (nSPS) is 10.0. The fourth-order valence-corrected chi connectivity index (χ4v) is 0.711. The Balaban J connectivity index is 2.52. The molecule has 1 heterocycles. The third-order valence-corrected chi connectivity index (χ3v) is 1.21. The van der Waals surface area contributed by atoms with E-state index in [2.05, 4.69) is 27.7 Å². The average molecular weight is 181 g/mol. The lowest BCUT2D eigenvalue weighted by molar-refractivity contribution is -0.378. The van der Waals surface area contributed by atoms with Crippen LogP contribution < -0.4 is 16.1 Å². The number of nitrogens with zero attached hydrogens (tertiary/aromatic N) is 1. The van der Waals surface area contributed by atoms with Gasteiger partial charge in [0, 0.05) is 6.07 Å². The number of rotatable bonds is 2. The maximum absolute atomic E-state index is 5.16. The van der Waals surface area contributed by atoms with Crippen molar-refractivity contribution in [3.8, 4) is 0 Å². The van der Waals surface area contributed by atoms with Crippen molar-refractivity contribution in [3.05, 3.63) is 30.1 Å². The zero-order valence-corrected chi connectivity index (χ0v) is 7.14. The smallest absolute Gasteiger partial charge is 0.184 e. The Labute approximate surface area is 75.5 Å². The number of hydrogen-bond acceptors (Lipinski definition) is 2. The number of thiocarbonyl (C=S) groups is 1. The van der Waals surface area contributed by atoms with Crippen LogP contribution in [0.4, 0.5) is 0 Å². The zero-order valence-electron chi connectivity index (χ0n) is 6.32. The monoisotopic (exact) mass is 181 g/mol. The van der Waals surface area contributed by atoms with Crippen LogP contribution in [0.2, 0.25) is 0 Å². The highest BCUT2D eigenvalue weighted by molar-refractivity contribution is 7.80. The zero-order chi connectivity index (χ0) is 8.81. The molecule has 0 aromatic carbocycles. The Bertz CT molecular complexity index is 283. The van der Waals surface area contributed by atoms with E-state index in [0.717, 1.165) is 5.56 Å². The number of aromatic amines is 1.